The molecule has 0 saturated heterocycles. The third-order valence-corrected chi connectivity index (χ3v) is 9.25. The summed E-state index contributed by atoms with van der Waals surface area (Å²) in [6.45, 7) is 0. The van der Waals surface area contributed by atoms with E-state index in [1.165, 1.54) is 33.0 Å². The van der Waals surface area contributed by atoms with E-state index in [0.29, 0.717) is 0 Å². The number of hydrogen-bond donors (Lipinski definition) is 0. The molecular formula is C46H31NO. The van der Waals surface area contributed by atoms with E-state index >= 15 is 0 Å². The molecule has 1 heterocycles. The first-order chi connectivity index (χ1) is 23.8. The van der Waals surface area contributed by atoms with Crippen molar-refractivity contribution in [3.05, 3.63) is 188 Å². The van der Waals surface area contributed by atoms with Crippen molar-refractivity contribution in [1.82, 2.24) is 0 Å². The molecule has 0 spiro atoms. The van der Waals surface area contributed by atoms with Gasteiger partial charge in [0.15, 0.2) is 0 Å². The summed E-state index contributed by atoms with van der Waals surface area (Å²) in [6.07, 6.45) is 0. The minimum absolute atomic E-state index is 0.895. The fraction of sp³-hybridized carbons (Fsp3) is 0. The van der Waals surface area contributed by atoms with E-state index in [1.54, 1.807) is 0 Å². The lowest BCUT2D eigenvalue weighted by molar-refractivity contribution is 0.669. The van der Waals surface area contributed by atoms with Gasteiger partial charge in [0.2, 0.25) is 0 Å². The molecule has 8 aromatic carbocycles. The van der Waals surface area contributed by atoms with Crippen molar-refractivity contribution in [1.29, 1.82) is 0 Å². The molecule has 0 aliphatic rings. The molecule has 2 heteroatoms. The predicted molar refractivity (Wildman–Crippen MR) is 202 cm³/mol. The highest BCUT2D eigenvalue weighted by Gasteiger charge is 2.21. The van der Waals surface area contributed by atoms with Crippen LogP contribution in [0.1, 0.15) is 0 Å². The SMILES string of the molecule is c1ccc(-c2ccccc2N(c2cccc(-c3ccc4ccccc4c3)c2)c2ccccc2-c2ccc3oc4ccccc4c3c2)cc1. The number of rotatable bonds is 6. The Morgan fingerprint density at radius 3 is 1.77 bits per heavy atom. The molecule has 9 aromatic rings. The van der Waals surface area contributed by atoms with Crippen LogP contribution in [-0.4, -0.2) is 0 Å². The maximum Gasteiger partial charge on any atom is 0.135 e. The Morgan fingerprint density at radius 2 is 0.938 bits per heavy atom. The number of para-hydroxylation sites is 3. The molecule has 0 amide bonds. The maximum atomic E-state index is 6.20. The zero-order valence-corrected chi connectivity index (χ0v) is 26.3. The fourth-order valence-corrected chi connectivity index (χ4v) is 6.94. The molecular weight excluding hydrogens is 583 g/mol. The average molecular weight is 614 g/mol. The third-order valence-electron chi connectivity index (χ3n) is 9.25. The van der Waals surface area contributed by atoms with Crippen molar-refractivity contribution in [2.75, 3.05) is 4.90 Å². The van der Waals surface area contributed by atoms with E-state index in [1.807, 2.05) is 12.1 Å². The summed E-state index contributed by atoms with van der Waals surface area (Å²) in [5.74, 6) is 0. The normalized spacial score (nSPS) is 11.3. The summed E-state index contributed by atoms with van der Waals surface area (Å²) in [6, 6.07) is 67.1. The van der Waals surface area contributed by atoms with Gasteiger partial charge in [0, 0.05) is 27.6 Å². The molecule has 0 bridgehead atoms. The molecule has 9 rings (SSSR count). The van der Waals surface area contributed by atoms with Crippen LogP contribution in [0.25, 0.3) is 66.1 Å². The van der Waals surface area contributed by atoms with Gasteiger partial charge in [0.05, 0.1) is 11.4 Å². The summed E-state index contributed by atoms with van der Waals surface area (Å²) >= 11 is 0. The summed E-state index contributed by atoms with van der Waals surface area (Å²) in [4.78, 5) is 2.42. The molecule has 0 saturated carbocycles. The summed E-state index contributed by atoms with van der Waals surface area (Å²) < 4.78 is 6.20. The zero-order valence-electron chi connectivity index (χ0n) is 26.3. The first kappa shape index (κ1) is 27.9. The predicted octanol–water partition coefficient (Wildman–Crippen LogP) is 13.2. The number of nitrogens with zero attached hydrogens (tertiary/aromatic N) is 1. The van der Waals surface area contributed by atoms with Crippen LogP contribution in [0, 0.1) is 0 Å². The quantitative estimate of drug-likeness (QED) is 0.185. The number of furan rings is 1. The van der Waals surface area contributed by atoms with Crippen LogP contribution in [-0.2, 0) is 0 Å². The van der Waals surface area contributed by atoms with Crippen molar-refractivity contribution in [3.63, 3.8) is 0 Å². The molecule has 0 aliphatic heterocycles. The average Bonchev–Trinajstić information content (AvgIpc) is 3.54. The lowest BCUT2D eigenvalue weighted by atomic mass is 9.97. The Bertz CT molecular complexity index is 2580. The van der Waals surface area contributed by atoms with Gasteiger partial charge in [-0.25, -0.2) is 0 Å². The Morgan fingerprint density at radius 1 is 0.333 bits per heavy atom. The molecule has 0 atom stereocenters. The van der Waals surface area contributed by atoms with E-state index in [9.17, 15) is 0 Å². The molecule has 2 nitrogen and oxygen atoms in total. The van der Waals surface area contributed by atoms with Crippen molar-refractivity contribution in [2.24, 2.45) is 0 Å². The van der Waals surface area contributed by atoms with Crippen LogP contribution < -0.4 is 4.90 Å². The minimum atomic E-state index is 0.895. The summed E-state index contributed by atoms with van der Waals surface area (Å²) in [5, 5.41) is 4.72. The Labute approximate surface area is 279 Å². The highest BCUT2D eigenvalue weighted by molar-refractivity contribution is 6.07. The molecule has 0 radical (unpaired) electrons. The summed E-state index contributed by atoms with van der Waals surface area (Å²) in [5.41, 5.74) is 12.1. The van der Waals surface area contributed by atoms with E-state index in [0.717, 1.165) is 50.1 Å². The second-order valence-electron chi connectivity index (χ2n) is 12.2. The van der Waals surface area contributed by atoms with Crippen LogP contribution in [0.4, 0.5) is 17.1 Å². The highest BCUT2D eigenvalue weighted by Crippen LogP contribution is 2.46. The summed E-state index contributed by atoms with van der Waals surface area (Å²) in [7, 11) is 0. The maximum absolute atomic E-state index is 6.20. The van der Waals surface area contributed by atoms with E-state index in [4.69, 9.17) is 4.42 Å². The molecule has 226 valence electrons. The van der Waals surface area contributed by atoms with E-state index in [2.05, 4.69) is 181 Å². The van der Waals surface area contributed by atoms with Crippen LogP contribution in [0.5, 0.6) is 0 Å². The van der Waals surface area contributed by atoms with Crippen molar-refractivity contribution in [2.45, 2.75) is 0 Å². The topological polar surface area (TPSA) is 16.4 Å². The fourth-order valence-electron chi connectivity index (χ4n) is 6.94. The van der Waals surface area contributed by atoms with Crippen molar-refractivity contribution < 1.29 is 4.42 Å². The Hall–Kier alpha value is -6.38. The molecule has 0 N–H and O–H groups in total. The van der Waals surface area contributed by atoms with Gasteiger partial charge in [-0.1, -0.05) is 140 Å². The lowest BCUT2D eigenvalue weighted by Crippen LogP contribution is -2.12. The molecule has 48 heavy (non-hydrogen) atoms. The third kappa shape index (κ3) is 4.92. The zero-order chi connectivity index (χ0) is 31.9. The van der Waals surface area contributed by atoms with Crippen LogP contribution >= 0.6 is 0 Å². The van der Waals surface area contributed by atoms with Crippen LogP contribution in [0.3, 0.4) is 0 Å². The monoisotopic (exact) mass is 613 g/mol. The Kier molecular flexibility index (Phi) is 6.84. The first-order valence-electron chi connectivity index (χ1n) is 16.3. The number of benzene rings is 8. The Balaban J connectivity index is 1.26. The number of anilines is 3. The molecule has 0 aliphatic carbocycles. The molecule has 1 aromatic heterocycles. The standard InChI is InChI=1S/C46H31NO/c1-2-14-33(15-3-1)39-19-6-9-22-43(39)47(38-18-12-17-35(30-38)36-26-25-32-13-4-5-16-34(32)29-36)44-23-10-7-20-40(44)37-27-28-46-42(31-37)41-21-8-11-24-45(41)48-46/h1-31H. The lowest BCUT2D eigenvalue weighted by Gasteiger charge is -2.30. The highest BCUT2D eigenvalue weighted by atomic mass is 16.3. The van der Waals surface area contributed by atoms with Gasteiger partial charge in [-0.15, -0.1) is 0 Å². The van der Waals surface area contributed by atoms with Gasteiger partial charge in [-0.2, -0.15) is 0 Å². The van der Waals surface area contributed by atoms with E-state index < -0.39 is 0 Å². The smallest absolute Gasteiger partial charge is 0.135 e. The van der Waals surface area contributed by atoms with Gasteiger partial charge in [-0.05, 0) is 81.6 Å². The van der Waals surface area contributed by atoms with Gasteiger partial charge in [0.25, 0.3) is 0 Å². The van der Waals surface area contributed by atoms with Crippen LogP contribution in [0.2, 0.25) is 0 Å². The van der Waals surface area contributed by atoms with Gasteiger partial charge in [-0.3, -0.25) is 0 Å². The second-order valence-corrected chi connectivity index (χ2v) is 12.2. The largest absolute Gasteiger partial charge is 0.456 e. The van der Waals surface area contributed by atoms with Gasteiger partial charge in [0.1, 0.15) is 11.2 Å². The number of fused-ring (bicyclic) bond motifs is 4. The van der Waals surface area contributed by atoms with E-state index in [-0.39, 0.29) is 0 Å². The number of hydrogen-bond acceptors (Lipinski definition) is 2. The van der Waals surface area contributed by atoms with Crippen molar-refractivity contribution in [3.8, 4) is 33.4 Å². The van der Waals surface area contributed by atoms with Crippen LogP contribution in [0.15, 0.2) is 192 Å². The molecule has 0 unspecified atom stereocenters. The van der Waals surface area contributed by atoms with Gasteiger partial charge < -0.3 is 9.32 Å². The minimum Gasteiger partial charge on any atom is -0.456 e. The van der Waals surface area contributed by atoms with Crippen molar-refractivity contribution >= 4 is 49.8 Å². The first-order valence-corrected chi connectivity index (χ1v) is 16.3. The second kappa shape index (κ2) is 11.8. The molecule has 0 fully saturated rings. The van der Waals surface area contributed by atoms with Gasteiger partial charge >= 0.3 is 0 Å².